The third-order valence-corrected chi connectivity index (χ3v) is 5.22. The average Bonchev–Trinajstić information content (AvgIpc) is 3.06. The highest BCUT2D eigenvalue weighted by molar-refractivity contribution is 7.89. The van der Waals surface area contributed by atoms with Crippen LogP contribution in [0.2, 0.25) is 0 Å². The molecular weight excluding hydrogens is 260 g/mol. The fraction of sp³-hybridized carbons (Fsp3) is 0.571. The van der Waals surface area contributed by atoms with Crippen LogP contribution >= 0.6 is 0 Å². The van der Waals surface area contributed by atoms with Crippen molar-refractivity contribution in [3.63, 3.8) is 0 Å². The first kappa shape index (κ1) is 14.5. The Bertz CT molecular complexity index is 555. The number of hydrogen-bond donors (Lipinski definition) is 2. The molecule has 0 saturated heterocycles. The van der Waals surface area contributed by atoms with E-state index < -0.39 is 10.0 Å². The highest BCUT2D eigenvalue weighted by Crippen LogP contribution is 2.35. The van der Waals surface area contributed by atoms with Crippen LogP contribution in [0.4, 0.5) is 0 Å². The van der Waals surface area contributed by atoms with E-state index in [4.69, 9.17) is 5.73 Å². The van der Waals surface area contributed by atoms with Crippen molar-refractivity contribution in [2.45, 2.75) is 50.6 Å². The van der Waals surface area contributed by atoms with Gasteiger partial charge in [0.25, 0.3) is 0 Å². The molecule has 1 aromatic carbocycles. The molecule has 2 unspecified atom stereocenters. The van der Waals surface area contributed by atoms with Gasteiger partial charge in [0, 0.05) is 12.6 Å². The van der Waals surface area contributed by atoms with Crippen LogP contribution in [-0.4, -0.2) is 14.5 Å². The number of aryl methyl sites for hydroxylation is 1. The maximum absolute atomic E-state index is 12.2. The van der Waals surface area contributed by atoms with Crippen LogP contribution in [0.15, 0.2) is 23.1 Å². The molecule has 2 rings (SSSR count). The van der Waals surface area contributed by atoms with E-state index in [0.29, 0.717) is 17.4 Å². The van der Waals surface area contributed by atoms with E-state index in [0.717, 1.165) is 30.4 Å². The Morgan fingerprint density at radius 2 is 2.16 bits per heavy atom. The minimum Gasteiger partial charge on any atom is -0.326 e. The van der Waals surface area contributed by atoms with Gasteiger partial charge in [0.05, 0.1) is 4.90 Å². The second-order valence-corrected chi connectivity index (χ2v) is 7.02. The highest BCUT2D eigenvalue weighted by atomic mass is 32.2. The van der Waals surface area contributed by atoms with Crippen molar-refractivity contribution in [3.8, 4) is 0 Å². The summed E-state index contributed by atoms with van der Waals surface area (Å²) in [6.45, 7) is 4.44. The molecule has 1 aliphatic rings. The van der Waals surface area contributed by atoms with E-state index in [1.807, 2.05) is 6.92 Å². The molecule has 0 aliphatic heterocycles. The Morgan fingerprint density at radius 1 is 1.42 bits per heavy atom. The van der Waals surface area contributed by atoms with E-state index in [2.05, 4.69) is 11.6 Å². The lowest BCUT2D eigenvalue weighted by molar-refractivity contribution is 0.573. The van der Waals surface area contributed by atoms with Gasteiger partial charge < -0.3 is 5.73 Å². The van der Waals surface area contributed by atoms with Crippen molar-refractivity contribution in [1.29, 1.82) is 0 Å². The fourth-order valence-corrected chi connectivity index (χ4v) is 3.82. The number of nitrogens with one attached hydrogen (secondary N) is 1. The number of hydrogen-bond acceptors (Lipinski definition) is 3. The topological polar surface area (TPSA) is 72.2 Å². The highest BCUT2D eigenvalue weighted by Gasteiger charge is 2.39. The lowest BCUT2D eigenvalue weighted by Crippen LogP contribution is -2.27. The summed E-state index contributed by atoms with van der Waals surface area (Å²) < 4.78 is 27.3. The molecule has 3 N–H and O–H groups in total. The molecule has 106 valence electrons. The molecular formula is C14H22N2O2S. The van der Waals surface area contributed by atoms with E-state index in [1.54, 1.807) is 18.2 Å². The lowest BCUT2D eigenvalue weighted by atomic mass is 10.1. The molecule has 4 nitrogen and oxygen atoms in total. The number of sulfonamides is 1. The molecule has 19 heavy (non-hydrogen) atoms. The summed E-state index contributed by atoms with van der Waals surface area (Å²) in [6, 6.07) is 5.25. The fourth-order valence-electron chi connectivity index (χ4n) is 2.41. The number of benzene rings is 1. The van der Waals surface area contributed by atoms with E-state index in [-0.39, 0.29) is 6.04 Å². The number of rotatable bonds is 6. The first-order valence-corrected chi connectivity index (χ1v) is 8.28. The normalized spacial score (nSPS) is 22.5. The summed E-state index contributed by atoms with van der Waals surface area (Å²) in [4.78, 5) is 0.337. The molecule has 1 aliphatic carbocycles. The van der Waals surface area contributed by atoms with Crippen molar-refractivity contribution in [2.24, 2.45) is 11.7 Å². The molecule has 0 bridgehead atoms. The molecule has 2 atom stereocenters. The minimum absolute atomic E-state index is 0.124. The van der Waals surface area contributed by atoms with Crippen LogP contribution in [0.5, 0.6) is 0 Å². The maximum atomic E-state index is 12.2. The Balaban J connectivity index is 2.10. The summed E-state index contributed by atoms with van der Waals surface area (Å²) in [7, 11) is -3.39. The first-order valence-electron chi connectivity index (χ1n) is 6.80. The standard InChI is InChI=1S/C14H22N2O2S/c1-3-4-11-8-14(11)16-19(17,18)13-6-5-12(9-15)10(2)7-13/h5-7,11,14,16H,3-4,8-9,15H2,1-2H3. The van der Waals surface area contributed by atoms with Gasteiger partial charge in [-0.05, 0) is 48.9 Å². The SMILES string of the molecule is CCCC1CC1NS(=O)(=O)c1ccc(CN)c(C)c1. The van der Waals surface area contributed by atoms with Gasteiger partial charge in [-0.3, -0.25) is 0 Å². The summed E-state index contributed by atoms with van der Waals surface area (Å²) in [6.07, 6.45) is 3.17. The molecule has 1 saturated carbocycles. The van der Waals surface area contributed by atoms with Gasteiger partial charge in [0.1, 0.15) is 0 Å². The lowest BCUT2D eigenvalue weighted by Gasteiger charge is -2.09. The summed E-state index contributed by atoms with van der Waals surface area (Å²) in [5.74, 6) is 0.518. The molecule has 0 heterocycles. The predicted molar refractivity (Wildman–Crippen MR) is 76.2 cm³/mol. The van der Waals surface area contributed by atoms with Crippen LogP contribution in [0.25, 0.3) is 0 Å². The Morgan fingerprint density at radius 3 is 2.74 bits per heavy atom. The van der Waals surface area contributed by atoms with Crippen LogP contribution in [0, 0.1) is 12.8 Å². The molecule has 0 aromatic heterocycles. The molecule has 0 radical (unpaired) electrons. The largest absolute Gasteiger partial charge is 0.326 e. The molecule has 0 spiro atoms. The van der Waals surface area contributed by atoms with Crippen molar-refractivity contribution >= 4 is 10.0 Å². The zero-order valence-corrected chi connectivity index (χ0v) is 12.3. The minimum atomic E-state index is -3.39. The van der Waals surface area contributed by atoms with Crippen LogP contribution in [0.3, 0.4) is 0 Å². The second-order valence-electron chi connectivity index (χ2n) is 5.30. The van der Waals surface area contributed by atoms with Gasteiger partial charge in [0.15, 0.2) is 0 Å². The third-order valence-electron chi connectivity index (χ3n) is 3.73. The van der Waals surface area contributed by atoms with E-state index >= 15 is 0 Å². The van der Waals surface area contributed by atoms with Crippen molar-refractivity contribution in [2.75, 3.05) is 0 Å². The van der Waals surface area contributed by atoms with Gasteiger partial charge in [-0.25, -0.2) is 13.1 Å². The average molecular weight is 282 g/mol. The van der Waals surface area contributed by atoms with Crippen LogP contribution < -0.4 is 10.5 Å². The summed E-state index contributed by atoms with van der Waals surface area (Å²) in [5, 5.41) is 0. The monoisotopic (exact) mass is 282 g/mol. The van der Waals surface area contributed by atoms with Crippen molar-refractivity contribution in [3.05, 3.63) is 29.3 Å². The van der Waals surface area contributed by atoms with Gasteiger partial charge in [-0.1, -0.05) is 19.4 Å². The smallest absolute Gasteiger partial charge is 0.240 e. The van der Waals surface area contributed by atoms with Crippen LogP contribution in [0.1, 0.15) is 37.3 Å². The first-order chi connectivity index (χ1) is 8.97. The molecule has 0 amide bonds. The quantitative estimate of drug-likeness (QED) is 0.837. The van der Waals surface area contributed by atoms with E-state index in [9.17, 15) is 8.42 Å². The third kappa shape index (κ3) is 3.35. The van der Waals surface area contributed by atoms with E-state index in [1.165, 1.54) is 0 Å². The summed E-state index contributed by atoms with van der Waals surface area (Å²) >= 11 is 0. The predicted octanol–water partition coefficient (Wildman–Crippen LogP) is 1.92. The molecule has 5 heteroatoms. The van der Waals surface area contributed by atoms with Gasteiger partial charge in [-0.2, -0.15) is 0 Å². The van der Waals surface area contributed by atoms with Crippen molar-refractivity contribution < 1.29 is 8.42 Å². The van der Waals surface area contributed by atoms with Crippen LogP contribution in [-0.2, 0) is 16.6 Å². The van der Waals surface area contributed by atoms with Gasteiger partial charge >= 0.3 is 0 Å². The Labute approximate surface area is 115 Å². The molecule has 1 fully saturated rings. The Hall–Kier alpha value is -0.910. The molecule has 1 aromatic rings. The maximum Gasteiger partial charge on any atom is 0.240 e. The summed E-state index contributed by atoms with van der Waals surface area (Å²) in [5.41, 5.74) is 7.49. The van der Waals surface area contributed by atoms with Gasteiger partial charge in [0.2, 0.25) is 10.0 Å². The van der Waals surface area contributed by atoms with Gasteiger partial charge in [-0.15, -0.1) is 0 Å². The van der Waals surface area contributed by atoms with Crippen molar-refractivity contribution in [1.82, 2.24) is 4.72 Å². The zero-order chi connectivity index (χ0) is 14.0. The number of nitrogens with two attached hydrogens (primary N) is 1. The second kappa shape index (κ2) is 5.61. The zero-order valence-electron chi connectivity index (χ0n) is 11.5. The Kier molecular flexibility index (Phi) is 4.28.